The monoisotopic (exact) mass is 308 g/mol. The molecule has 3 aromatic rings. The van der Waals surface area contributed by atoms with E-state index in [9.17, 15) is 4.79 Å². The maximum Gasteiger partial charge on any atom is 0.340 e. The summed E-state index contributed by atoms with van der Waals surface area (Å²) in [6, 6.07) is 12.2. The molecule has 0 radical (unpaired) electrons. The van der Waals surface area contributed by atoms with E-state index in [1.165, 1.54) is 5.56 Å². The summed E-state index contributed by atoms with van der Waals surface area (Å²) in [7, 11) is 0. The Labute approximate surface area is 135 Å². The van der Waals surface area contributed by atoms with Gasteiger partial charge in [-0.3, -0.25) is 4.98 Å². The van der Waals surface area contributed by atoms with Gasteiger partial charge < -0.3 is 9.30 Å². The zero-order valence-electron chi connectivity index (χ0n) is 13.6. The largest absolute Gasteiger partial charge is 0.462 e. The SMILES string of the molecule is CCOC(=O)c1c(C)n(C(C)c2ccccc2)c2cnccc12. The third-order valence-corrected chi connectivity index (χ3v) is 4.20. The Balaban J connectivity index is 2.21. The van der Waals surface area contributed by atoms with E-state index in [0.29, 0.717) is 12.2 Å². The Kier molecular flexibility index (Phi) is 4.15. The van der Waals surface area contributed by atoms with E-state index in [4.69, 9.17) is 4.74 Å². The highest BCUT2D eigenvalue weighted by Crippen LogP contribution is 2.31. The number of hydrogen-bond acceptors (Lipinski definition) is 3. The van der Waals surface area contributed by atoms with E-state index in [2.05, 4.69) is 28.6 Å². The van der Waals surface area contributed by atoms with Gasteiger partial charge >= 0.3 is 5.97 Å². The Hall–Kier alpha value is -2.62. The standard InChI is InChI=1S/C19H20N2O2/c1-4-23-19(22)18-14(3)21(17-12-20-11-10-16(17)18)13(2)15-8-6-5-7-9-15/h5-13H,4H2,1-3H3. The number of nitrogens with zero attached hydrogens (tertiary/aromatic N) is 2. The van der Waals surface area contributed by atoms with Crippen molar-refractivity contribution in [3.05, 3.63) is 65.6 Å². The average Bonchev–Trinajstić information content (AvgIpc) is 2.87. The molecule has 0 spiro atoms. The minimum absolute atomic E-state index is 0.103. The fraction of sp³-hybridized carbons (Fsp3) is 0.263. The van der Waals surface area contributed by atoms with Crippen LogP contribution >= 0.6 is 0 Å². The van der Waals surface area contributed by atoms with Crippen LogP contribution in [0, 0.1) is 6.92 Å². The zero-order valence-corrected chi connectivity index (χ0v) is 13.6. The number of aromatic nitrogens is 2. The van der Waals surface area contributed by atoms with Gasteiger partial charge in [0, 0.05) is 17.3 Å². The number of hydrogen-bond donors (Lipinski definition) is 0. The molecule has 2 aromatic heterocycles. The second kappa shape index (κ2) is 6.24. The van der Waals surface area contributed by atoms with Gasteiger partial charge in [-0.05, 0) is 32.4 Å². The first-order valence-electron chi connectivity index (χ1n) is 7.81. The molecule has 0 fully saturated rings. The van der Waals surface area contributed by atoms with E-state index >= 15 is 0 Å². The molecule has 0 aliphatic heterocycles. The quantitative estimate of drug-likeness (QED) is 0.681. The first kappa shape index (κ1) is 15.3. The van der Waals surface area contributed by atoms with Crippen molar-refractivity contribution in [1.82, 2.24) is 9.55 Å². The van der Waals surface area contributed by atoms with Gasteiger partial charge in [0.25, 0.3) is 0 Å². The second-order valence-corrected chi connectivity index (χ2v) is 5.53. The number of rotatable bonds is 4. The van der Waals surface area contributed by atoms with E-state index in [-0.39, 0.29) is 12.0 Å². The molecular weight excluding hydrogens is 288 g/mol. The van der Waals surface area contributed by atoms with Gasteiger partial charge in [0.2, 0.25) is 0 Å². The fourth-order valence-electron chi connectivity index (χ4n) is 3.13. The summed E-state index contributed by atoms with van der Waals surface area (Å²) < 4.78 is 7.40. The lowest BCUT2D eigenvalue weighted by atomic mass is 10.1. The summed E-state index contributed by atoms with van der Waals surface area (Å²) in [5.41, 5.74) is 3.67. The Bertz CT molecular complexity index is 837. The van der Waals surface area contributed by atoms with E-state index in [1.807, 2.05) is 44.3 Å². The lowest BCUT2D eigenvalue weighted by molar-refractivity contribution is 0.0527. The zero-order chi connectivity index (χ0) is 16.4. The van der Waals surface area contributed by atoms with Gasteiger partial charge in [-0.1, -0.05) is 30.3 Å². The predicted octanol–water partition coefficient (Wildman–Crippen LogP) is 4.13. The molecule has 0 aliphatic rings. The minimum Gasteiger partial charge on any atom is -0.462 e. The Morgan fingerprint density at radius 3 is 2.70 bits per heavy atom. The highest BCUT2D eigenvalue weighted by atomic mass is 16.5. The normalized spacial score (nSPS) is 12.3. The topological polar surface area (TPSA) is 44.1 Å². The molecule has 1 aromatic carbocycles. The van der Waals surface area contributed by atoms with Crippen LogP contribution in [-0.4, -0.2) is 22.1 Å². The van der Waals surface area contributed by atoms with Crippen molar-refractivity contribution in [3.63, 3.8) is 0 Å². The van der Waals surface area contributed by atoms with E-state index in [1.54, 1.807) is 6.20 Å². The molecule has 0 saturated heterocycles. The van der Waals surface area contributed by atoms with Crippen LogP contribution in [0.5, 0.6) is 0 Å². The lowest BCUT2D eigenvalue weighted by Crippen LogP contribution is -2.11. The first-order valence-corrected chi connectivity index (χ1v) is 7.81. The summed E-state index contributed by atoms with van der Waals surface area (Å²) in [4.78, 5) is 16.6. The van der Waals surface area contributed by atoms with Crippen LogP contribution in [0.25, 0.3) is 10.9 Å². The van der Waals surface area contributed by atoms with Crippen LogP contribution in [0.2, 0.25) is 0 Å². The molecule has 4 nitrogen and oxygen atoms in total. The maximum absolute atomic E-state index is 12.4. The third-order valence-electron chi connectivity index (χ3n) is 4.20. The summed E-state index contributed by atoms with van der Waals surface area (Å²) in [6.07, 6.45) is 3.52. The first-order chi connectivity index (χ1) is 11.1. The van der Waals surface area contributed by atoms with Crippen molar-refractivity contribution in [3.8, 4) is 0 Å². The summed E-state index contributed by atoms with van der Waals surface area (Å²) in [5.74, 6) is -0.278. The number of esters is 1. The molecule has 1 atom stereocenters. The van der Waals surface area contributed by atoms with Crippen molar-refractivity contribution in [1.29, 1.82) is 0 Å². The fourth-order valence-corrected chi connectivity index (χ4v) is 3.13. The van der Waals surface area contributed by atoms with Crippen molar-refractivity contribution >= 4 is 16.9 Å². The molecule has 0 N–H and O–H groups in total. The lowest BCUT2D eigenvalue weighted by Gasteiger charge is -2.18. The molecule has 4 heteroatoms. The molecule has 0 bridgehead atoms. The van der Waals surface area contributed by atoms with Gasteiger partial charge in [-0.2, -0.15) is 0 Å². The molecule has 118 valence electrons. The van der Waals surface area contributed by atoms with Crippen LogP contribution in [0.15, 0.2) is 48.8 Å². The van der Waals surface area contributed by atoms with E-state index in [0.717, 1.165) is 16.6 Å². The number of pyridine rings is 1. The molecule has 3 rings (SSSR count). The van der Waals surface area contributed by atoms with Crippen molar-refractivity contribution < 1.29 is 9.53 Å². The summed E-state index contributed by atoms with van der Waals surface area (Å²) >= 11 is 0. The van der Waals surface area contributed by atoms with Gasteiger partial charge in [-0.15, -0.1) is 0 Å². The van der Waals surface area contributed by atoms with Crippen LogP contribution in [0.1, 0.15) is 41.5 Å². The molecule has 23 heavy (non-hydrogen) atoms. The number of benzene rings is 1. The van der Waals surface area contributed by atoms with E-state index < -0.39 is 0 Å². The molecule has 2 heterocycles. The van der Waals surface area contributed by atoms with Crippen LogP contribution in [0.3, 0.4) is 0 Å². The minimum atomic E-state index is -0.278. The van der Waals surface area contributed by atoms with Crippen LogP contribution in [-0.2, 0) is 4.74 Å². The number of fused-ring (bicyclic) bond motifs is 1. The molecule has 0 saturated carbocycles. The predicted molar refractivity (Wildman–Crippen MR) is 90.7 cm³/mol. The van der Waals surface area contributed by atoms with Gasteiger partial charge in [0.15, 0.2) is 0 Å². The summed E-state index contributed by atoms with van der Waals surface area (Å²) in [5, 5.41) is 0.888. The second-order valence-electron chi connectivity index (χ2n) is 5.53. The Morgan fingerprint density at radius 1 is 1.26 bits per heavy atom. The average molecular weight is 308 g/mol. The van der Waals surface area contributed by atoms with Crippen LogP contribution < -0.4 is 0 Å². The summed E-state index contributed by atoms with van der Waals surface area (Å²) in [6.45, 7) is 6.28. The Morgan fingerprint density at radius 2 is 2.00 bits per heavy atom. The number of ether oxygens (including phenoxy) is 1. The molecule has 1 unspecified atom stereocenters. The van der Waals surface area contributed by atoms with Crippen LogP contribution in [0.4, 0.5) is 0 Å². The maximum atomic E-state index is 12.4. The molecule has 0 aliphatic carbocycles. The highest BCUT2D eigenvalue weighted by molar-refractivity contribution is 6.05. The van der Waals surface area contributed by atoms with Gasteiger partial charge in [-0.25, -0.2) is 4.79 Å². The number of carbonyl (C=O) groups excluding carboxylic acids is 1. The van der Waals surface area contributed by atoms with Crippen molar-refractivity contribution in [2.75, 3.05) is 6.61 Å². The van der Waals surface area contributed by atoms with Crippen molar-refractivity contribution in [2.24, 2.45) is 0 Å². The number of carbonyl (C=O) groups is 1. The smallest absolute Gasteiger partial charge is 0.340 e. The van der Waals surface area contributed by atoms with Gasteiger partial charge in [0.05, 0.1) is 29.9 Å². The molecular formula is C19H20N2O2. The van der Waals surface area contributed by atoms with Gasteiger partial charge in [0.1, 0.15) is 0 Å². The molecule has 0 amide bonds. The van der Waals surface area contributed by atoms with Crippen molar-refractivity contribution in [2.45, 2.75) is 26.8 Å². The highest BCUT2D eigenvalue weighted by Gasteiger charge is 2.23. The third kappa shape index (κ3) is 2.61.